The fourth-order valence-corrected chi connectivity index (χ4v) is 2.16. The Morgan fingerprint density at radius 1 is 1.22 bits per heavy atom. The fourth-order valence-electron chi connectivity index (χ4n) is 2.16. The second-order valence-electron chi connectivity index (χ2n) is 5.35. The molecule has 1 aromatic carbocycles. The van der Waals surface area contributed by atoms with Gasteiger partial charge in [0.1, 0.15) is 11.5 Å². The third kappa shape index (κ3) is 5.79. The molecule has 2 rings (SSSR count). The van der Waals surface area contributed by atoms with Crippen LogP contribution in [0.3, 0.4) is 0 Å². The number of hydrogen-bond donors (Lipinski definition) is 2. The molecule has 0 amide bonds. The molecule has 0 saturated heterocycles. The van der Waals surface area contributed by atoms with E-state index >= 15 is 0 Å². The standard InChI is InChI=1S/C18H25N3O2/c1-14-9-10-17(23-14)15(2)21-18(19-3)20-11-12-22-13-16-7-5-4-6-8-16/h4-10,15H,11-13H2,1-3H3,(H2,19,20,21). The molecule has 1 heterocycles. The zero-order valence-corrected chi connectivity index (χ0v) is 14.0. The van der Waals surface area contributed by atoms with Crippen molar-refractivity contribution >= 4 is 5.96 Å². The van der Waals surface area contributed by atoms with Crippen LogP contribution in [0.1, 0.15) is 30.0 Å². The molecular formula is C18H25N3O2. The van der Waals surface area contributed by atoms with E-state index < -0.39 is 0 Å². The Balaban J connectivity index is 1.67. The molecule has 0 fully saturated rings. The fraction of sp³-hybridized carbons (Fsp3) is 0.389. The first kappa shape index (κ1) is 17.1. The van der Waals surface area contributed by atoms with E-state index in [1.54, 1.807) is 7.05 Å². The van der Waals surface area contributed by atoms with Crippen molar-refractivity contribution in [2.45, 2.75) is 26.5 Å². The van der Waals surface area contributed by atoms with Crippen LogP contribution in [0.15, 0.2) is 51.9 Å². The van der Waals surface area contributed by atoms with Crippen LogP contribution in [0, 0.1) is 6.92 Å². The first-order valence-corrected chi connectivity index (χ1v) is 7.84. The van der Waals surface area contributed by atoms with Crippen molar-refractivity contribution in [2.24, 2.45) is 4.99 Å². The first-order chi connectivity index (χ1) is 11.2. The quantitative estimate of drug-likeness (QED) is 0.468. The minimum Gasteiger partial charge on any atom is -0.464 e. The maximum Gasteiger partial charge on any atom is 0.191 e. The predicted octanol–water partition coefficient (Wildman–Crippen LogP) is 3.03. The lowest BCUT2D eigenvalue weighted by molar-refractivity contribution is 0.125. The molecule has 1 atom stereocenters. The molecule has 0 radical (unpaired) electrons. The Hall–Kier alpha value is -2.27. The van der Waals surface area contributed by atoms with Gasteiger partial charge in [0.25, 0.3) is 0 Å². The van der Waals surface area contributed by atoms with Crippen LogP contribution in [0.4, 0.5) is 0 Å². The molecule has 0 saturated carbocycles. The van der Waals surface area contributed by atoms with Crippen molar-refractivity contribution in [3.8, 4) is 0 Å². The molecule has 0 aliphatic rings. The van der Waals surface area contributed by atoms with Gasteiger partial charge in [0.2, 0.25) is 0 Å². The number of aliphatic imine (C=N–C) groups is 1. The molecule has 23 heavy (non-hydrogen) atoms. The summed E-state index contributed by atoms with van der Waals surface area (Å²) < 4.78 is 11.3. The minimum atomic E-state index is 0.0557. The summed E-state index contributed by atoms with van der Waals surface area (Å²) in [5.41, 5.74) is 1.18. The number of hydrogen-bond acceptors (Lipinski definition) is 3. The van der Waals surface area contributed by atoms with Gasteiger partial charge in [0.15, 0.2) is 5.96 Å². The summed E-state index contributed by atoms with van der Waals surface area (Å²) in [7, 11) is 1.75. The normalized spacial score (nSPS) is 12.9. The van der Waals surface area contributed by atoms with Crippen molar-refractivity contribution in [1.29, 1.82) is 0 Å². The van der Waals surface area contributed by atoms with Gasteiger partial charge in [0.05, 0.1) is 19.3 Å². The molecule has 1 aromatic heterocycles. The second kappa shape index (κ2) is 9.00. The van der Waals surface area contributed by atoms with Gasteiger partial charge in [-0.2, -0.15) is 0 Å². The SMILES string of the molecule is CN=C(NCCOCc1ccccc1)NC(C)c1ccc(C)o1. The summed E-state index contributed by atoms with van der Waals surface area (Å²) in [6, 6.07) is 14.1. The number of furan rings is 1. The molecule has 2 N–H and O–H groups in total. The van der Waals surface area contributed by atoms with E-state index in [2.05, 4.69) is 27.8 Å². The number of rotatable bonds is 7. The van der Waals surface area contributed by atoms with E-state index in [0.717, 1.165) is 17.5 Å². The molecule has 2 aromatic rings. The van der Waals surface area contributed by atoms with Crippen LogP contribution in [0.2, 0.25) is 0 Å². The average molecular weight is 315 g/mol. The molecule has 5 heteroatoms. The Morgan fingerprint density at radius 3 is 2.65 bits per heavy atom. The maximum atomic E-state index is 5.64. The number of nitrogens with one attached hydrogen (secondary N) is 2. The topological polar surface area (TPSA) is 58.8 Å². The van der Waals surface area contributed by atoms with Gasteiger partial charge in [0, 0.05) is 13.6 Å². The van der Waals surface area contributed by atoms with Gasteiger partial charge < -0.3 is 19.8 Å². The Bertz CT molecular complexity index is 608. The highest BCUT2D eigenvalue weighted by Crippen LogP contribution is 2.15. The number of benzene rings is 1. The van der Waals surface area contributed by atoms with Crippen molar-refractivity contribution in [3.05, 3.63) is 59.5 Å². The molecule has 0 aliphatic heterocycles. The van der Waals surface area contributed by atoms with Crippen molar-refractivity contribution in [2.75, 3.05) is 20.2 Å². The predicted molar refractivity (Wildman–Crippen MR) is 92.5 cm³/mol. The summed E-state index contributed by atoms with van der Waals surface area (Å²) in [5.74, 6) is 2.53. The summed E-state index contributed by atoms with van der Waals surface area (Å²) in [4.78, 5) is 4.21. The van der Waals surface area contributed by atoms with Gasteiger partial charge >= 0.3 is 0 Å². The van der Waals surface area contributed by atoms with E-state index in [-0.39, 0.29) is 6.04 Å². The highest BCUT2D eigenvalue weighted by atomic mass is 16.5. The Morgan fingerprint density at radius 2 is 2.00 bits per heavy atom. The van der Waals surface area contributed by atoms with Gasteiger partial charge in [-0.1, -0.05) is 30.3 Å². The van der Waals surface area contributed by atoms with Crippen LogP contribution < -0.4 is 10.6 Å². The van der Waals surface area contributed by atoms with Gasteiger partial charge in [-0.25, -0.2) is 0 Å². The molecular weight excluding hydrogens is 290 g/mol. The average Bonchev–Trinajstić information content (AvgIpc) is 3.01. The van der Waals surface area contributed by atoms with Crippen LogP contribution >= 0.6 is 0 Å². The lowest BCUT2D eigenvalue weighted by Gasteiger charge is -2.16. The second-order valence-corrected chi connectivity index (χ2v) is 5.35. The molecule has 0 spiro atoms. The van der Waals surface area contributed by atoms with E-state index in [0.29, 0.717) is 19.8 Å². The Kier molecular flexibility index (Phi) is 6.69. The largest absolute Gasteiger partial charge is 0.464 e. The van der Waals surface area contributed by atoms with E-state index in [1.165, 1.54) is 5.56 Å². The monoisotopic (exact) mass is 315 g/mol. The van der Waals surface area contributed by atoms with Gasteiger partial charge in [-0.3, -0.25) is 4.99 Å². The van der Waals surface area contributed by atoms with Gasteiger partial charge in [-0.05, 0) is 31.5 Å². The zero-order chi connectivity index (χ0) is 16.5. The molecule has 1 unspecified atom stereocenters. The molecule has 0 bridgehead atoms. The summed E-state index contributed by atoms with van der Waals surface area (Å²) >= 11 is 0. The summed E-state index contributed by atoms with van der Waals surface area (Å²) in [6.07, 6.45) is 0. The number of nitrogens with zero attached hydrogens (tertiary/aromatic N) is 1. The van der Waals surface area contributed by atoms with Crippen molar-refractivity contribution in [1.82, 2.24) is 10.6 Å². The van der Waals surface area contributed by atoms with Crippen LogP contribution in [-0.2, 0) is 11.3 Å². The van der Waals surface area contributed by atoms with Crippen molar-refractivity contribution < 1.29 is 9.15 Å². The van der Waals surface area contributed by atoms with Crippen LogP contribution in [0.5, 0.6) is 0 Å². The molecule has 0 aliphatic carbocycles. The highest BCUT2D eigenvalue weighted by Gasteiger charge is 2.10. The third-order valence-electron chi connectivity index (χ3n) is 3.42. The number of ether oxygens (including phenoxy) is 1. The summed E-state index contributed by atoms with van der Waals surface area (Å²) in [6.45, 7) is 5.90. The highest BCUT2D eigenvalue weighted by molar-refractivity contribution is 5.79. The number of aryl methyl sites for hydroxylation is 1. The zero-order valence-electron chi connectivity index (χ0n) is 14.0. The third-order valence-corrected chi connectivity index (χ3v) is 3.42. The van der Waals surface area contributed by atoms with Crippen LogP contribution in [0.25, 0.3) is 0 Å². The van der Waals surface area contributed by atoms with E-state index in [1.807, 2.05) is 44.2 Å². The van der Waals surface area contributed by atoms with Gasteiger partial charge in [-0.15, -0.1) is 0 Å². The van der Waals surface area contributed by atoms with Crippen molar-refractivity contribution in [3.63, 3.8) is 0 Å². The first-order valence-electron chi connectivity index (χ1n) is 7.84. The maximum absolute atomic E-state index is 5.64. The Labute approximate surface area is 137 Å². The summed E-state index contributed by atoms with van der Waals surface area (Å²) in [5, 5.41) is 6.53. The number of guanidine groups is 1. The minimum absolute atomic E-state index is 0.0557. The van der Waals surface area contributed by atoms with E-state index in [4.69, 9.17) is 9.15 Å². The lowest BCUT2D eigenvalue weighted by Crippen LogP contribution is -2.40. The lowest BCUT2D eigenvalue weighted by atomic mass is 10.2. The molecule has 5 nitrogen and oxygen atoms in total. The van der Waals surface area contributed by atoms with Crippen LogP contribution in [-0.4, -0.2) is 26.2 Å². The molecule has 124 valence electrons. The van der Waals surface area contributed by atoms with E-state index in [9.17, 15) is 0 Å². The smallest absolute Gasteiger partial charge is 0.191 e.